The first-order valence-corrected chi connectivity index (χ1v) is 9.41. The highest BCUT2D eigenvalue weighted by Crippen LogP contribution is 2.40. The van der Waals surface area contributed by atoms with Gasteiger partial charge in [0.15, 0.2) is 5.82 Å². The van der Waals surface area contributed by atoms with E-state index in [9.17, 15) is 27.8 Å². The Bertz CT molecular complexity index is 1090. The molecule has 1 aliphatic rings. The molecule has 0 bridgehead atoms. The van der Waals surface area contributed by atoms with Gasteiger partial charge in [-0.05, 0) is 31.0 Å². The molecule has 158 valence electrons. The number of fused-ring (bicyclic) bond motifs is 1. The van der Waals surface area contributed by atoms with E-state index < -0.39 is 29.4 Å². The topological polar surface area (TPSA) is 91.2 Å². The lowest BCUT2D eigenvalue weighted by Gasteiger charge is -2.29. The first-order chi connectivity index (χ1) is 14.3. The van der Waals surface area contributed by atoms with Gasteiger partial charge in [-0.15, -0.1) is 10.2 Å². The standard InChI is InChI=1S/C20H18F4N4O2/c21-14-7-11(17(30)8-13(14)20(22,23)24)18-10-5-6-25-9-12(10)19(28-27-18)26-15-3-1-2-4-16(15)29/h5-9,15-16,29-30H,1-4H2,(H,26,28)/t15-,16+/m1/s1. The molecule has 2 heterocycles. The summed E-state index contributed by atoms with van der Waals surface area (Å²) in [5, 5.41) is 32.5. The van der Waals surface area contributed by atoms with Crippen LogP contribution in [0.2, 0.25) is 0 Å². The molecule has 1 saturated carbocycles. The number of aromatic hydroxyl groups is 1. The molecule has 1 fully saturated rings. The molecule has 0 saturated heterocycles. The molecule has 30 heavy (non-hydrogen) atoms. The number of aliphatic hydroxyl groups excluding tert-OH is 1. The predicted octanol–water partition coefficient (Wildman–Crippen LogP) is 4.27. The van der Waals surface area contributed by atoms with Crippen LogP contribution < -0.4 is 5.32 Å². The second-order valence-electron chi connectivity index (χ2n) is 7.27. The van der Waals surface area contributed by atoms with Gasteiger partial charge in [-0.1, -0.05) is 12.8 Å². The van der Waals surface area contributed by atoms with Gasteiger partial charge in [0, 0.05) is 28.7 Å². The van der Waals surface area contributed by atoms with Crippen LogP contribution in [0.4, 0.5) is 23.4 Å². The van der Waals surface area contributed by atoms with E-state index in [1.165, 1.54) is 12.4 Å². The quantitative estimate of drug-likeness (QED) is 0.546. The lowest BCUT2D eigenvalue weighted by Crippen LogP contribution is -2.36. The summed E-state index contributed by atoms with van der Waals surface area (Å²) in [7, 11) is 0. The molecule has 0 radical (unpaired) electrons. The fraction of sp³-hybridized carbons (Fsp3) is 0.350. The molecule has 2 aromatic heterocycles. The van der Waals surface area contributed by atoms with Gasteiger partial charge in [0.25, 0.3) is 0 Å². The lowest BCUT2D eigenvalue weighted by atomic mass is 9.92. The number of benzene rings is 1. The number of aromatic nitrogens is 3. The van der Waals surface area contributed by atoms with Crippen molar-refractivity contribution in [2.24, 2.45) is 0 Å². The van der Waals surface area contributed by atoms with E-state index in [1.54, 1.807) is 6.07 Å². The van der Waals surface area contributed by atoms with Crippen molar-refractivity contribution in [1.82, 2.24) is 15.2 Å². The van der Waals surface area contributed by atoms with Gasteiger partial charge in [-0.3, -0.25) is 4.98 Å². The molecule has 1 aromatic carbocycles. The maximum Gasteiger partial charge on any atom is 0.419 e. The van der Waals surface area contributed by atoms with Crippen molar-refractivity contribution in [2.75, 3.05) is 5.32 Å². The zero-order valence-corrected chi connectivity index (χ0v) is 15.6. The Kier molecular flexibility index (Phi) is 5.19. The van der Waals surface area contributed by atoms with Gasteiger partial charge in [0.1, 0.15) is 17.3 Å². The van der Waals surface area contributed by atoms with Gasteiger partial charge in [0.2, 0.25) is 0 Å². The van der Waals surface area contributed by atoms with Crippen LogP contribution in [0.5, 0.6) is 5.75 Å². The smallest absolute Gasteiger partial charge is 0.419 e. The van der Waals surface area contributed by atoms with Crippen LogP contribution in [0.3, 0.4) is 0 Å². The molecule has 6 nitrogen and oxygen atoms in total. The minimum Gasteiger partial charge on any atom is -0.507 e. The molecule has 1 aliphatic carbocycles. The second-order valence-corrected chi connectivity index (χ2v) is 7.27. The number of pyridine rings is 1. The number of alkyl halides is 3. The first-order valence-electron chi connectivity index (χ1n) is 9.41. The predicted molar refractivity (Wildman–Crippen MR) is 101 cm³/mol. The number of halogens is 4. The van der Waals surface area contributed by atoms with Crippen molar-refractivity contribution in [1.29, 1.82) is 0 Å². The number of hydrogen-bond acceptors (Lipinski definition) is 6. The zero-order valence-electron chi connectivity index (χ0n) is 15.6. The second kappa shape index (κ2) is 7.67. The average molecular weight is 422 g/mol. The minimum absolute atomic E-state index is 0.0206. The minimum atomic E-state index is -4.94. The Hall–Kier alpha value is -3.01. The summed E-state index contributed by atoms with van der Waals surface area (Å²) in [6.45, 7) is 0. The van der Waals surface area contributed by atoms with Gasteiger partial charge in [-0.2, -0.15) is 13.2 Å². The summed E-state index contributed by atoms with van der Waals surface area (Å²) in [6.07, 6.45) is 0.759. The van der Waals surface area contributed by atoms with Crippen LogP contribution in [0.25, 0.3) is 22.0 Å². The van der Waals surface area contributed by atoms with E-state index in [-0.39, 0.29) is 17.3 Å². The number of aliphatic hydroxyl groups is 1. The first kappa shape index (κ1) is 20.3. The number of nitrogens with zero attached hydrogens (tertiary/aromatic N) is 3. The highest BCUT2D eigenvalue weighted by atomic mass is 19.4. The molecular weight excluding hydrogens is 404 g/mol. The van der Waals surface area contributed by atoms with Crippen LogP contribution >= 0.6 is 0 Å². The van der Waals surface area contributed by atoms with Gasteiger partial charge < -0.3 is 15.5 Å². The highest BCUT2D eigenvalue weighted by Gasteiger charge is 2.35. The van der Waals surface area contributed by atoms with E-state index >= 15 is 0 Å². The van der Waals surface area contributed by atoms with E-state index in [2.05, 4.69) is 20.5 Å². The maximum atomic E-state index is 14.1. The van der Waals surface area contributed by atoms with Crippen LogP contribution in [0, 0.1) is 5.82 Å². The van der Waals surface area contributed by atoms with E-state index in [0.717, 1.165) is 19.3 Å². The Balaban J connectivity index is 1.80. The molecule has 3 aromatic rings. The number of rotatable bonds is 3. The summed E-state index contributed by atoms with van der Waals surface area (Å²) in [4.78, 5) is 4.05. The Morgan fingerprint density at radius 2 is 1.83 bits per heavy atom. The monoisotopic (exact) mass is 422 g/mol. The summed E-state index contributed by atoms with van der Waals surface area (Å²) in [5.41, 5.74) is -1.76. The van der Waals surface area contributed by atoms with E-state index in [1.807, 2.05) is 0 Å². The third-order valence-electron chi connectivity index (χ3n) is 5.28. The SMILES string of the molecule is Oc1cc(C(F)(F)F)c(F)cc1-c1nnc(N[C@@H]2CCCC[C@@H]2O)c2cnccc12. The third kappa shape index (κ3) is 3.74. The Morgan fingerprint density at radius 1 is 1.07 bits per heavy atom. The van der Waals surface area contributed by atoms with Crippen LogP contribution in [-0.2, 0) is 6.18 Å². The third-order valence-corrected chi connectivity index (χ3v) is 5.28. The molecular formula is C20H18F4N4O2. The highest BCUT2D eigenvalue weighted by molar-refractivity contribution is 6.00. The van der Waals surface area contributed by atoms with Crippen LogP contribution in [-0.4, -0.2) is 37.5 Å². The summed E-state index contributed by atoms with van der Waals surface area (Å²) in [6, 6.07) is 2.26. The normalized spacial score (nSPS) is 19.8. The van der Waals surface area contributed by atoms with E-state index in [4.69, 9.17) is 0 Å². The molecule has 2 atom stereocenters. The lowest BCUT2D eigenvalue weighted by molar-refractivity contribution is -0.140. The number of hydrogen-bond donors (Lipinski definition) is 3. The van der Waals surface area contributed by atoms with Crippen molar-refractivity contribution in [3.63, 3.8) is 0 Å². The Morgan fingerprint density at radius 3 is 2.57 bits per heavy atom. The molecule has 0 amide bonds. The fourth-order valence-corrected chi connectivity index (χ4v) is 3.73. The molecule has 0 spiro atoms. The number of phenols is 1. The number of nitrogens with one attached hydrogen (secondary N) is 1. The van der Waals surface area contributed by atoms with Crippen molar-refractivity contribution in [3.05, 3.63) is 42.0 Å². The molecule has 0 unspecified atom stereocenters. The fourth-order valence-electron chi connectivity index (χ4n) is 3.73. The van der Waals surface area contributed by atoms with Crippen LogP contribution in [0.15, 0.2) is 30.6 Å². The summed E-state index contributed by atoms with van der Waals surface area (Å²) < 4.78 is 52.8. The van der Waals surface area contributed by atoms with Gasteiger partial charge in [0.05, 0.1) is 17.7 Å². The van der Waals surface area contributed by atoms with E-state index in [0.29, 0.717) is 35.1 Å². The number of phenolic OH excluding ortho intramolecular Hbond substituents is 1. The number of anilines is 1. The average Bonchev–Trinajstić information content (AvgIpc) is 2.71. The van der Waals surface area contributed by atoms with Gasteiger partial charge >= 0.3 is 6.18 Å². The largest absolute Gasteiger partial charge is 0.507 e. The Labute approximate surface area is 168 Å². The summed E-state index contributed by atoms with van der Waals surface area (Å²) in [5.74, 6) is -1.94. The van der Waals surface area contributed by atoms with Gasteiger partial charge in [-0.25, -0.2) is 4.39 Å². The zero-order chi connectivity index (χ0) is 21.5. The van der Waals surface area contributed by atoms with Crippen molar-refractivity contribution in [3.8, 4) is 17.0 Å². The maximum absolute atomic E-state index is 14.1. The molecule has 10 heteroatoms. The molecule has 0 aliphatic heterocycles. The molecule has 4 rings (SSSR count). The van der Waals surface area contributed by atoms with Crippen LogP contribution in [0.1, 0.15) is 31.2 Å². The molecule has 3 N–H and O–H groups in total. The van der Waals surface area contributed by atoms with Crippen molar-refractivity contribution >= 4 is 16.6 Å². The van der Waals surface area contributed by atoms with Crippen molar-refractivity contribution < 1.29 is 27.8 Å². The summed E-state index contributed by atoms with van der Waals surface area (Å²) >= 11 is 0. The van der Waals surface area contributed by atoms with Crippen molar-refractivity contribution in [2.45, 2.75) is 44.0 Å².